The van der Waals surface area contributed by atoms with Gasteiger partial charge in [0.2, 0.25) is 0 Å². The number of hydrogen-bond donors (Lipinski definition) is 2. The lowest BCUT2D eigenvalue weighted by atomic mass is 10.1. The second-order valence-electron chi connectivity index (χ2n) is 4.87. The number of halogens is 1. The third-order valence-electron chi connectivity index (χ3n) is 2.90. The van der Waals surface area contributed by atoms with Gasteiger partial charge in [0.15, 0.2) is 0 Å². The van der Waals surface area contributed by atoms with E-state index in [0.29, 0.717) is 5.02 Å². The average Bonchev–Trinajstić information content (AvgIpc) is 2.33. The molecule has 0 spiro atoms. The molecule has 106 valence electrons. The van der Waals surface area contributed by atoms with Crippen LogP contribution in [0.4, 0.5) is 5.69 Å². The largest absolute Gasteiger partial charge is 0.384 e. The van der Waals surface area contributed by atoms with E-state index < -0.39 is 0 Å². The van der Waals surface area contributed by atoms with Gasteiger partial charge in [-0.25, -0.2) is 0 Å². The Labute approximate surface area is 120 Å². The maximum atomic E-state index is 7.69. The highest BCUT2D eigenvalue weighted by atomic mass is 35.5. The molecule has 0 aliphatic heterocycles. The molecule has 0 aliphatic carbocycles. The van der Waals surface area contributed by atoms with Crippen LogP contribution in [0.3, 0.4) is 0 Å². The van der Waals surface area contributed by atoms with Crippen LogP contribution in [0.5, 0.6) is 0 Å². The van der Waals surface area contributed by atoms with E-state index in [2.05, 4.69) is 16.7 Å². The van der Waals surface area contributed by atoms with Crippen molar-refractivity contribution in [2.24, 2.45) is 5.73 Å². The summed E-state index contributed by atoms with van der Waals surface area (Å²) in [5, 5.41) is 8.36. The first-order chi connectivity index (χ1) is 8.95. The molecule has 0 aliphatic rings. The number of amidine groups is 1. The molecule has 5 heteroatoms. The average molecular weight is 283 g/mol. The fourth-order valence-corrected chi connectivity index (χ4v) is 2.10. The first-order valence-electron chi connectivity index (χ1n) is 6.49. The topological polar surface area (TPSA) is 56.4 Å². The number of nitrogens with zero attached hydrogens (tertiary/aromatic N) is 2. The van der Waals surface area contributed by atoms with Crippen molar-refractivity contribution in [1.82, 2.24) is 4.90 Å². The van der Waals surface area contributed by atoms with Crippen LogP contribution in [0.1, 0.15) is 18.9 Å². The van der Waals surface area contributed by atoms with Crippen molar-refractivity contribution in [1.29, 1.82) is 5.41 Å². The Hall–Kier alpha value is -1.26. The Morgan fingerprint density at radius 1 is 1.26 bits per heavy atom. The molecular weight excluding hydrogens is 260 g/mol. The van der Waals surface area contributed by atoms with Gasteiger partial charge in [0.1, 0.15) is 5.84 Å². The quantitative estimate of drug-likeness (QED) is 0.596. The molecule has 0 atom stereocenters. The first-order valence-corrected chi connectivity index (χ1v) is 6.87. The number of anilines is 1. The summed E-state index contributed by atoms with van der Waals surface area (Å²) < 4.78 is 0. The molecule has 1 aromatic carbocycles. The summed E-state index contributed by atoms with van der Waals surface area (Å²) in [6.45, 7) is 4.90. The Kier molecular flexibility index (Phi) is 6.12. The lowest BCUT2D eigenvalue weighted by molar-refractivity contribution is 0.413. The van der Waals surface area contributed by atoms with E-state index in [0.717, 1.165) is 37.3 Å². The molecule has 0 bridgehead atoms. The van der Waals surface area contributed by atoms with E-state index in [1.165, 1.54) is 0 Å². The summed E-state index contributed by atoms with van der Waals surface area (Å²) in [4.78, 5) is 4.38. The van der Waals surface area contributed by atoms with Crippen LogP contribution in [-0.2, 0) is 0 Å². The van der Waals surface area contributed by atoms with Crippen molar-refractivity contribution in [2.45, 2.75) is 13.3 Å². The van der Waals surface area contributed by atoms with Crippen molar-refractivity contribution >= 4 is 23.1 Å². The number of nitrogens with two attached hydrogens (primary N) is 1. The second kappa shape index (κ2) is 7.36. The van der Waals surface area contributed by atoms with Gasteiger partial charge in [0.25, 0.3) is 0 Å². The summed E-state index contributed by atoms with van der Waals surface area (Å²) in [6.07, 6.45) is 1.04. The zero-order chi connectivity index (χ0) is 14.4. The Bertz CT molecular complexity index is 431. The minimum atomic E-state index is 0.0811. The lowest BCUT2D eigenvalue weighted by Crippen LogP contribution is -2.33. The maximum absolute atomic E-state index is 7.69. The van der Waals surface area contributed by atoms with Crippen molar-refractivity contribution in [3.63, 3.8) is 0 Å². The van der Waals surface area contributed by atoms with Crippen molar-refractivity contribution in [2.75, 3.05) is 38.6 Å². The summed E-state index contributed by atoms with van der Waals surface area (Å²) >= 11 is 6.08. The number of likely N-dealkylation sites (N-methyl/N-ethyl adjacent to an activating group) is 1. The number of benzene rings is 1. The molecule has 19 heavy (non-hydrogen) atoms. The van der Waals surface area contributed by atoms with Crippen LogP contribution in [0.15, 0.2) is 18.2 Å². The summed E-state index contributed by atoms with van der Waals surface area (Å²) in [7, 11) is 4.10. The van der Waals surface area contributed by atoms with Gasteiger partial charge in [-0.05, 0) is 38.7 Å². The van der Waals surface area contributed by atoms with E-state index in [9.17, 15) is 0 Å². The molecular formula is C14H23ClN4. The van der Waals surface area contributed by atoms with Crippen LogP contribution in [0, 0.1) is 5.41 Å². The highest BCUT2D eigenvalue weighted by Gasteiger charge is 2.13. The minimum Gasteiger partial charge on any atom is -0.384 e. The van der Waals surface area contributed by atoms with Crippen LogP contribution in [0.2, 0.25) is 5.02 Å². The monoisotopic (exact) mass is 282 g/mol. The molecule has 4 nitrogen and oxygen atoms in total. The number of hydrogen-bond acceptors (Lipinski definition) is 3. The first kappa shape index (κ1) is 15.8. The van der Waals surface area contributed by atoms with Gasteiger partial charge in [0.05, 0.1) is 0 Å². The van der Waals surface area contributed by atoms with Crippen LogP contribution >= 0.6 is 11.6 Å². The fraction of sp³-hybridized carbons (Fsp3) is 0.500. The molecule has 0 amide bonds. The molecule has 0 unspecified atom stereocenters. The molecule has 3 N–H and O–H groups in total. The Balaban J connectivity index is 3.05. The zero-order valence-corrected chi connectivity index (χ0v) is 12.7. The molecule has 0 saturated carbocycles. The van der Waals surface area contributed by atoms with E-state index in [-0.39, 0.29) is 5.84 Å². The highest BCUT2D eigenvalue weighted by Crippen LogP contribution is 2.25. The van der Waals surface area contributed by atoms with Crippen molar-refractivity contribution in [3.8, 4) is 0 Å². The second-order valence-corrected chi connectivity index (χ2v) is 5.30. The van der Waals surface area contributed by atoms with E-state index in [1.807, 2.05) is 26.2 Å². The number of rotatable bonds is 7. The molecule has 0 aromatic heterocycles. The summed E-state index contributed by atoms with van der Waals surface area (Å²) in [5.74, 6) is 0.0811. The lowest BCUT2D eigenvalue weighted by Gasteiger charge is -2.28. The highest BCUT2D eigenvalue weighted by molar-refractivity contribution is 6.31. The Morgan fingerprint density at radius 3 is 2.47 bits per heavy atom. The Morgan fingerprint density at radius 2 is 1.95 bits per heavy atom. The van der Waals surface area contributed by atoms with E-state index >= 15 is 0 Å². The van der Waals surface area contributed by atoms with Crippen LogP contribution < -0.4 is 10.6 Å². The third-order valence-corrected chi connectivity index (χ3v) is 3.14. The van der Waals surface area contributed by atoms with Crippen LogP contribution in [0.25, 0.3) is 0 Å². The SMILES string of the molecule is CCCN(CCN(C)C)c1cc(Cl)ccc1C(=N)N. The predicted molar refractivity (Wildman–Crippen MR) is 83.5 cm³/mol. The molecule has 1 aromatic rings. The van der Waals surface area contributed by atoms with Crippen LogP contribution in [-0.4, -0.2) is 44.5 Å². The predicted octanol–water partition coefficient (Wildman–Crippen LogP) is 2.40. The van der Waals surface area contributed by atoms with Gasteiger partial charge in [-0.2, -0.15) is 0 Å². The van der Waals surface area contributed by atoms with Gasteiger partial charge in [-0.1, -0.05) is 18.5 Å². The molecule has 0 radical (unpaired) electrons. The number of nitrogen functional groups attached to an aromatic ring is 1. The van der Waals surface area contributed by atoms with Gasteiger partial charge in [0, 0.05) is 35.9 Å². The minimum absolute atomic E-state index is 0.0811. The third kappa shape index (κ3) is 4.73. The van der Waals surface area contributed by atoms with Gasteiger partial charge in [-0.15, -0.1) is 0 Å². The molecule has 0 saturated heterocycles. The molecule has 0 heterocycles. The van der Waals surface area contributed by atoms with Crippen molar-refractivity contribution in [3.05, 3.63) is 28.8 Å². The summed E-state index contributed by atoms with van der Waals surface area (Å²) in [5.41, 5.74) is 7.35. The van der Waals surface area contributed by atoms with Gasteiger partial charge >= 0.3 is 0 Å². The zero-order valence-electron chi connectivity index (χ0n) is 11.9. The van der Waals surface area contributed by atoms with E-state index in [4.69, 9.17) is 22.7 Å². The van der Waals surface area contributed by atoms with E-state index in [1.54, 1.807) is 6.07 Å². The van der Waals surface area contributed by atoms with Crippen molar-refractivity contribution < 1.29 is 0 Å². The summed E-state index contributed by atoms with van der Waals surface area (Å²) in [6, 6.07) is 5.49. The smallest absolute Gasteiger partial charge is 0.124 e. The maximum Gasteiger partial charge on any atom is 0.124 e. The fourth-order valence-electron chi connectivity index (χ4n) is 1.94. The van der Waals surface area contributed by atoms with Gasteiger partial charge in [-0.3, -0.25) is 5.41 Å². The number of nitrogens with one attached hydrogen (secondary N) is 1. The normalized spacial score (nSPS) is 10.8. The standard InChI is InChI=1S/C14H23ClN4/c1-4-7-19(9-8-18(2)3)13-10-11(15)5-6-12(13)14(16)17/h5-6,10H,4,7-9H2,1-3H3,(H3,16,17). The van der Waals surface area contributed by atoms with Gasteiger partial charge < -0.3 is 15.5 Å². The molecule has 1 rings (SSSR count). The molecule has 0 fully saturated rings.